The standard InChI is InChI=1S/C25H24N2O4/c1-5-11-27-23(29)22-20(21(28)16-12-14(3)15(4)13-19(16)31-22)25(27)17-9-7-8-10-18(17)26(6-2)24(25)30/h7-10,12-13H,5-6,11H2,1-4H3. The van der Waals surface area contributed by atoms with Crippen LogP contribution in [0, 0.1) is 13.8 Å². The van der Waals surface area contributed by atoms with Gasteiger partial charge in [-0.25, -0.2) is 0 Å². The lowest BCUT2D eigenvalue weighted by Crippen LogP contribution is -2.53. The van der Waals surface area contributed by atoms with Crippen LogP contribution in [-0.2, 0) is 10.3 Å². The van der Waals surface area contributed by atoms with Gasteiger partial charge in [-0.3, -0.25) is 14.4 Å². The Hall–Kier alpha value is -3.41. The van der Waals surface area contributed by atoms with Gasteiger partial charge in [-0.1, -0.05) is 25.1 Å². The Labute approximate surface area is 180 Å². The van der Waals surface area contributed by atoms with E-state index in [1.807, 2.05) is 52.0 Å². The molecule has 1 spiro atoms. The molecule has 1 unspecified atom stereocenters. The molecule has 0 aliphatic carbocycles. The predicted molar refractivity (Wildman–Crippen MR) is 119 cm³/mol. The van der Waals surface area contributed by atoms with Crippen molar-refractivity contribution in [2.75, 3.05) is 18.0 Å². The van der Waals surface area contributed by atoms with Crippen LogP contribution in [0.1, 0.15) is 53.1 Å². The lowest BCUT2D eigenvalue weighted by molar-refractivity contribution is -0.126. The largest absolute Gasteiger partial charge is 0.450 e. The van der Waals surface area contributed by atoms with Crippen LogP contribution < -0.4 is 10.3 Å². The number of aryl methyl sites for hydroxylation is 2. The van der Waals surface area contributed by atoms with Crippen LogP contribution in [-0.4, -0.2) is 29.8 Å². The first kappa shape index (κ1) is 19.5. The maximum atomic E-state index is 14.0. The van der Waals surface area contributed by atoms with Gasteiger partial charge in [0.05, 0.1) is 16.6 Å². The van der Waals surface area contributed by atoms with E-state index in [-0.39, 0.29) is 22.7 Å². The van der Waals surface area contributed by atoms with Crippen LogP contribution in [0.2, 0.25) is 0 Å². The average Bonchev–Trinajstić information content (AvgIpc) is 3.15. The molecular formula is C25H24N2O4. The molecule has 1 atom stereocenters. The zero-order valence-electron chi connectivity index (χ0n) is 18.1. The van der Waals surface area contributed by atoms with Crippen LogP contribution >= 0.6 is 0 Å². The maximum absolute atomic E-state index is 14.0. The van der Waals surface area contributed by atoms with Gasteiger partial charge in [0.25, 0.3) is 11.8 Å². The van der Waals surface area contributed by atoms with E-state index in [2.05, 4.69) is 0 Å². The number of amides is 2. The lowest BCUT2D eigenvalue weighted by atomic mass is 9.83. The van der Waals surface area contributed by atoms with Crippen molar-refractivity contribution < 1.29 is 14.0 Å². The molecule has 6 heteroatoms. The highest BCUT2D eigenvalue weighted by Crippen LogP contribution is 2.52. The fourth-order valence-electron chi connectivity index (χ4n) is 5.08. The summed E-state index contributed by atoms with van der Waals surface area (Å²) >= 11 is 0. The normalized spacial score (nSPS) is 19.6. The molecule has 2 aliphatic heterocycles. The number of benzene rings is 2. The number of anilines is 1. The Morgan fingerprint density at radius 3 is 2.42 bits per heavy atom. The summed E-state index contributed by atoms with van der Waals surface area (Å²) in [6.45, 7) is 8.49. The number of likely N-dealkylation sites (N-methyl/N-ethyl adjacent to an activating group) is 1. The molecular weight excluding hydrogens is 392 g/mol. The van der Waals surface area contributed by atoms with Crippen LogP contribution in [0.15, 0.2) is 45.6 Å². The van der Waals surface area contributed by atoms with Crippen LogP contribution in [0.5, 0.6) is 0 Å². The highest BCUT2D eigenvalue weighted by Gasteiger charge is 2.64. The van der Waals surface area contributed by atoms with Crippen molar-refractivity contribution in [1.82, 2.24) is 4.90 Å². The second-order valence-corrected chi connectivity index (χ2v) is 8.30. The molecule has 31 heavy (non-hydrogen) atoms. The third-order valence-electron chi connectivity index (χ3n) is 6.62. The molecule has 0 saturated carbocycles. The Kier molecular flexibility index (Phi) is 4.13. The van der Waals surface area contributed by atoms with Gasteiger partial charge in [0.1, 0.15) is 5.58 Å². The number of hydrogen-bond donors (Lipinski definition) is 0. The third-order valence-corrected chi connectivity index (χ3v) is 6.62. The van der Waals surface area contributed by atoms with Gasteiger partial charge in [-0.05, 0) is 56.5 Å². The van der Waals surface area contributed by atoms with Crippen LogP contribution in [0.3, 0.4) is 0 Å². The molecule has 2 aliphatic rings. The number of para-hydroxylation sites is 1. The van der Waals surface area contributed by atoms with Gasteiger partial charge < -0.3 is 14.2 Å². The van der Waals surface area contributed by atoms with E-state index in [4.69, 9.17) is 4.42 Å². The number of hydrogen-bond acceptors (Lipinski definition) is 4. The molecule has 0 N–H and O–H groups in total. The van der Waals surface area contributed by atoms with E-state index in [1.54, 1.807) is 17.0 Å². The second-order valence-electron chi connectivity index (χ2n) is 8.30. The minimum atomic E-state index is -1.48. The van der Waals surface area contributed by atoms with Gasteiger partial charge in [0.15, 0.2) is 11.0 Å². The summed E-state index contributed by atoms with van der Waals surface area (Å²) in [7, 11) is 0. The quantitative estimate of drug-likeness (QED) is 0.650. The third kappa shape index (κ3) is 2.25. The van der Waals surface area contributed by atoms with E-state index < -0.39 is 11.4 Å². The van der Waals surface area contributed by atoms with Gasteiger partial charge >= 0.3 is 0 Å². The Bertz CT molecular complexity index is 1340. The fraction of sp³-hybridized carbons (Fsp3) is 0.320. The van der Waals surface area contributed by atoms with Gasteiger partial charge in [0, 0.05) is 18.7 Å². The molecule has 0 fully saturated rings. The van der Waals surface area contributed by atoms with Crippen molar-refractivity contribution in [1.29, 1.82) is 0 Å². The second kappa shape index (κ2) is 6.54. The molecule has 158 valence electrons. The number of carbonyl (C=O) groups excluding carboxylic acids is 2. The Morgan fingerprint density at radius 1 is 1.00 bits per heavy atom. The monoisotopic (exact) mass is 416 g/mol. The number of fused-ring (bicyclic) bond motifs is 5. The van der Waals surface area contributed by atoms with E-state index in [9.17, 15) is 14.4 Å². The van der Waals surface area contributed by atoms with Crippen molar-refractivity contribution in [3.63, 3.8) is 0 Å². The summed E-state index contributed by atoms with van der Waals surface area (Å²) in [6, 6.07) is 11.0. The number of rotatable bonds is 3. The Balaban J connectivity index is 1.95. The molecule has 3 aromatic rings. The number of carbonyl (C=O) groups is 2. The SMILES string of the molecule is CCCN1C(=O)c2oc3cc(C)c(C)cc3c(=O)c2C12C(=O)N(CC)c1ccccc12. The predicted octanol–water partition coefficient (Wildman–Crippen LogP) is 3.89. The molecule has 2 aromatic carbocycles. The first-order valence-corrected chi connectivity index (χ1v) is 10.7. The topological polar surface area (TPSA) is 70.8 Å². The number of nitrogens with zero attached hydrogens (tertiary/aromatic N) is 2. The van der Waals surface area contributed by atoms with Crippen molar-refractivity contribution in [2.45, 2.75) is 39.7 Å². The summed E-state index contributed by atoms with van der Waals surface area (Å²) in [6.07, 6.45) is 0.648. The van der Waals surface area contributed by atoms with Crippen molar-refractivity contribution in [2.24, 2.45) is 0 Å². The minimum absolute atomic E-state index is 0.0182. The van der Waals surface area contributed by atoms with E-state index in [1.165, 1.54) is 4.90 Å². The average molecular weight is 416 g/mol. The van der Waals surface area contributed by atoms with Crippen LogP contribution in [0.4, 0.5) is 5.69 Å². The van der Waals surface area contributed by atoms with Gasteiger partial charge in [-0.15, -0.1) is 0 Å². The first-order chi connectivity index (χ1) is 14.9. The molecule has 1 aromatic heterocycles. The smallest absolute Gasteiger partial charge is 0.291 e. The molecule has 0 bridgehead atoms. The summed E-state index contributed by atoms with van der Waals surface area (Å²) in [5, 5.41) is 0.396. The summed E-state index contributed by atoms with van der Waals surface area (Å²) in [5.41, 5.74) is 2.05. The van der Waals surface area contributed by atoms with Gasteiger partial charge in [-0.2, -0.15) is 0 Å². The summed E-state index contributed by atoms with van der Waals surface area (Å²) in [5.74, 6) is -0.697. The van der Waals surface area contributed by atoms with Gasteiger partial charge in [0.2, 0.25) is 5.76 Å². The highest BCUT2D eigenvalue weighted by molar-refractivity contribution is 6.17. The summed E-state index contributed by atoms with van der Waals surface area (Å²) < 4.78 is 6.07. The molecule has 0 radical (unpaired) electrons. The van der Waals surface area contributed by atoms with E-state index >= 15 is 0 Å². The molecule has 6 nitrogen and oxygen atoms in total. The zero-order valence-corrected chi connectivity index (χ0v) is 18.1. The highest BCUT2D eigenvalue weighted by atomic mass is 16.3. The molecule has 3 heterocycles. The lowest BCUT2D eigenvalue weighted by Gasteiger charge is -2.34. The maximum Gasteiger partial charge on any atom is 0.291 e. The van der Waals surface area contributed by atoms with Crippen molar-refractivity contribution >= 4 is 28.5 Å². The summed E-state index contributed by atoms with van der Waals surface area (Å²) in [4.78, 5) is 44.6. The van der Waals surface area contributed by atoms with Crippen LogP contribution in [0.25, 0.3) is 11.0 Å². The van der Waals surface area contributed by atoms with Crippen molar-refractivity contribution in [3.8, 4) is 0 Å². The van der Waals surface area contributed by atoms with E-state index in [0.29, 0.717) is 36.0 Å². The van der Waals surface area contributed by atoms with E-state index in [0.717, 1.165) is 16.8 Å². The zero-order chi connectivity index (χ0) is 22.1. The first-order valence-electron chi connectivity index (χ1n) is 10.7. The Morgan fingerprint density at radius 2 is 1.71 bits per heavy atom. The fourth-order valence-corrected chi connectivity index (χ4v) is 5.08. The molecule has 5 rings (SSSR count). The van der Waals surface area contributed by atoms with Crippen molar-refractivity contribution in [3.05, 3.63) is 74.6 Å². The molecule has 2 amide bonds. The minimum Gasteiger partial charge on any atom is -0.450 e. The molecule has 0 saturated heterocycles.